The molecule has 0 spiro atoms. The zero-order valence-electron chi connectivity index (χ0n) is 14.5. The molecule has 0 unspecified atom stereocenters. The molecule has 3 heterocycles. The highest BCUT2D eigenvalue weighted by atomic mass is 32.1. The van der Waals surface area contributed by atoms with Crippen LogP contribution < -0.4 is 5.32 Å². The number of hydrogen-bond acceptors (Lipinski definition) is 4. The average Bonchev–Trinajstić information content (AvgIpc) is 3.24. The SMILES string of the molecule is O=C(CCC(=O)N1CCc2sccc2C1)NCCCN1CCCC1=O. The van der Waals surface area contributed by atoms with Crippen LogP contribution in [-0.4, -0.2) is 53.7 Å². The van der Waals surface area contributed by atoms with Crippen molar-refractivity contribution in [1.82, 2.24) is 15.1 Å². The van der Waals surface area contributed by atoms with Crippen molar-refractivity contribution < 1.29 is 14.4 Å². The fraction of sp³-hybridized carbons (Fsp3) is 0.611. The van der Waals surface area contributed by atoms with Gasteiger partial charge in [0.1, 0.15) is 0 Å². The van der Waals surface area contributed by atoms with Gasteiger partial charge in [0.05, 0.1) is 0 Å². The molecule has 1 N–H and O–H groups in total. The molecule has 0 atom stereocenters. The Morgan fingerprint density at radius 2 is 2.08 bits per heavy atom. The Hall–Kier alpha value is -1.89. The summed E-state index contributed by atoms with van der Waals surface area (Å²) in [5.41, 5.74) is 1.24. The van der Waals surface area contributed by atoms with E-state index < -0.39 is 0 Å². The van der Waals surface area contributed by atoms with Gasteiger partial charge in [-0.05, 0) is 36.3 Å². The molecule has 1 saturated heterocycles. The third-order valence-corrected chi connectivity index (χ3v) is 5.85. The molecule has 7 heteroatoms. The molecule has 0 aromatic carbocycles. The highest BCUT2D eigenvalue weighted by molar-refractivity contribution is 7.10. The van der Waals surface area contributed by atoms with E-state index in [1.54, 1.807) is 11.3 Å². The maximum absolute atomic E-state index is 12.3. The summed E-state index contributed by atoms with van der Waals surface area (Å²) in [5.74, 6) is 0.177. The maximum Gasteiger partial charge on any atom is 0.223 e. The molecule has 2 aliphatic heterocycles. The summed E-state index contributed by atoms with van der Waals surface area (Å²) >= 11 is 1.75. The largest absolute Gasteiger partial charge is 0.356 e. The highest BCUT2D eigenvalue weighted by Gasteiger charge is 2.22. The number of hydrogen-bond donors (Lipinski definition) is 1. The lowest BCUT2D eigenvalue weighted by atomic mass is 10.1. The molecule has 3 amide bonds. The van der Waals surface area contributed by atoms with Crippen LogP contribution in [0.3, 0.4) is 0 Å². The molecule has 25 heavy (non-hydrogen) atoms. The van der Waals surface area contributed by atoms with Gasteiger partial charge in [-0.1, -0.05) is 0 Å². The summed E-state index contributed by atoms with van der Waals surface area (Å²) in [6.07, 6.45) is 3.76. The van der Waals surface area contributed by atoms with Gasteiger partial charge >= 0.3 is 0 Å². The zero-order chi connectivity index (χ0) is 17.6. The molecule has 0 saturated carbocycles. The van der Waals surface area contributed by atoms with E-state index in [9.17, 15) is 14.4 Å². The molecule has 1 fully saturated rings. The van der Waals surface area contributed by atoms with E-state index in [-0.39, 0.29) is 30.6 Å². The van der Waals surface area contributed by atoms with Crippen LogP contribution in [0.5, 0.6) is 0 Å². The van der Waals surface area contributed by atoms with Crippen LogP contribution in [0.2, 0.25) is 0 Å². The van der Waals surface area contributed by atoms with Gasteiger partial charge in [-0.25, -0.2) is 0 Å². The standard InChI is InChI=1S/C18H25N3O3S/c22-16(19-8-2-10-20-9-1-3-17(20)23)4-5-18(24)21-11-6-15-14(13-21)7-12-25-15/h7,12H,1-6,8-11,13H2,(H,19,22). The van der Waals surface area contributed by atoms with E-state index >= 15 is 0 Å². The predicted octanol–water partition coefficient (Wildman–Crippen LogP) is 1.54. The molecule has 6 nitrogen and oxygen atoms in total. The summed E-state index contributed by atoms with van der Waals surface area (Å²) in [4.78, 5) is 40.7. The first-order valence-corrected chi connectivity index (χ1v) is 9.89. The minimum Gasteiger partial charge on any atom is -0.356 e. The van der Waals surface area contributed by atoms with Gasteiger partial charge in [0, 0.05) is 56.9 Å². The van der Waals surface area contributed by atoms with Crippen molar-refractivity contribution in [3.05, 3.63) is 21.9 Å². The first-order valence-electron chi connectivity index (χ1n) is 9.01. The number of nitrogens with zero attached hydrogens (tertiary/aromatic N) is 2. The number of thiophene rings is 1. The van der Waals surface area contributed by atoms with Crippen LogP contribution in [0, 0.1) is 0 Å². The Morgan fingerprint density at radius 1 is 1.20 bits per heavy atom. The molecule has 3 rings (SSSR count). The van der Waals surface area contributed by atoms with Gasteiger partial charge in [-0.2, -0.15) is 0 Å². The van der Waals surface area contributed by atoms with Gasteiger partial charge in [0.25, 0.3) is 0 Å². The molecule has 2 aliphatic rings. The monoisotopic (exact) mass is 363 g/mol. The summed E-state index contributed by atoms with van der Waals surface area (Å²) in [6, 6.07) is 2.08. The minimum absolute atomic E-state index is 0.0506. The number of nitrogens with one attached hydrogen (secondary N) is 1. The van der Waals surface area contributed by atoms with Crippen molar-refractivity contribution >= 4 is 29.1 Å². The van der Waals surface area contributed by atoms with E-state index in [1.165, 1.54) is 10.4 Å². The number of carbonyl (C=O) groups is 3. The summed E-state index contributed by atoms with van der Waals surface area (Å²) in [7, 11) is 0. The number of amides is 3. The molecule has 0 radical (unpaired) electrons. The van der Waals surface area contributed by atoms with Crippen molar-refractivity contribution in [2.75, 3.05) is 26.2 Å². The smallest absolute Gasteiger partial charge is 0.223 e. The maximum atomic E-state index is 12.3. The lowest BCUT2D eigenvalue weighted by molar-refractivity contribution is -0.134. The average molecular weight is 363 g/mol. The van der Waals surface area contributed by atoms with E-state index in [2.05, 4.69) is 16.8 Å². The summed E-state index contributed by atoms with van der Waals surface area (Å²) < 4.78 is 0. The third-order valence-electron chi connectivity index (χ3n) is 4.82. The van der Waals surface area contributed by atoms with Crippen molar-refractivity contribution in [2.24, 2.45) is 0 Å². The second-order valence-electron chi connectivity index (χ2n) is 6.62. The molecule has 0 aliphatic carbocycles. The van der Waals surface area contributed by atoms with Crippen LogP contribution >= 0.6 is 11.3 Å². The number of fused-ring (bicyclic) bond motifs is 1. The first-order chi connectivity index (χ1) is 12.1. The van der Waals surface area contributed by atoms with Crippen LogP contribution in [0.25, 0.3) is 0 Å². The quantitative estimate of drug-likeness (QED) is 0.747. The summed E-state index contributed by atoms with van der Waals surface area (Å²) in [6.45, 7) is 3.51. The molecule has 1 aromatic heterocycles. The Kier molecular flexibility index (Phi) is 6.07. The van der Waals surface area contributed by atoms with Crippen LogP contribution in [0.1, 0.15) is 42.5 Å². The van der Waals surface area contributed by atoms with Crippen molar-refractivity contribution in [3.8, 4) is 0 Å². The number of rotatable bonds is 7. The van der Waals surface area contributed by atoms with Gasteiger partial charge < -0.3 is 15.1 Å². The lowest BCUT2D eigenvalue weighted by Crippen LogP contribution is -2.36. The molecular formula is C18H25N3O3S. The normalized spacial score (nSPS) is 16.9. The topological polar surface area (TPSA) is 69.7 Å². The van der Waals surface area contributed by atoms with E-state index in [1.807, 2.05) is 9.80 Å². The Labute approximate surface area is 152 Å². The van der Waals surface area contributed by atoms with Gasteiger partial charge in [0.15, 0.2) is 0 Å². The van der Waals surface area contributed by atoms with E-state index in [0.29, 0.717) is 26.1 Å². The van der Waals surface area contributed by atoms with Gasteiger partial charge in [0.2, 0.25) is 17.7 Å². The third kappa shape index (κ3) is 4.81. The van der Waals surface area contributed by atoms with E-state index in [4.69, 9.17) is 0 Å². The predicted molar refractivity (Wildman–Crippen MR) is 96.1 cm³/mol. The fourth-order valence-electron chi connectivity index (χ4n) is 3.37. The number of carbonyl (C=O) groups excluding carboxylic acids is 3. The van der Waals surface area contributed by atoms with Gasteiger partial charge in [-0.3, -0.25) is 14.4 Å². The van der Waals surface area contributed by atoms with Crippen LogP contribution in [0.4, 0.5) is 0 Å². The zero-order valence-corrected chi connectivity index (χ0v) is 15.3. The molecule has 0 bridgehead atoms. The van der Waals surface area contributed by atoms with Crippen LogP contribution in [0.15, 0.2) is 11.4 Å². The molecular weight excluding hydrogens is 338 g/mol. The van der Waals surface area contributed by atoms with Crippen molar-refractivity contribution in [1.29, 1.82) is 0 Å². The highest BCUT2D eigenvalue weighted by Crippen LogP contribution is 2.24. The lowest BCUT2D eigenvalue weighted by Gasteiger charge is -2.27. The summed E-state index contributed by atoms with van der Waals surface area (Å²) in [5, 5.41) is 4.92. The van der Waals surface area contributed by atoms with Gasteiger partial charge in [-0.15, -0.1) is 11.3 Å². The first kappa shape index (κ1) is 17.9. The molecule has 136 valence electrons. The fourth-order valence-corrected chi connectivity index (χ4v) is 4.26. The minimum atomic E-state index is -0.0886. The Balaban J connectivity index is 1.29. The second kappa shape index (κ2) is 8.47. The Morgan fingerprint density at radius 3 is 2.88 bits per heavy atom. The van der Waals surface area contributed by atoms with E-state index in [0.717, 1.165) is 32.4 Å². The Bertz CT molecular complexity index is 643. The number of likely N-dealkylation sites (tertiary alicyclic amines) is 1. The second-order valence-corrected chi connectivity index (χ2v) is 7.62. The molecule has 1 aromatic rings. The van der Waals surface area contributed by atoms with Crippen molar-refractivity contribution in [2.45, 2.75) is 45.1 Å². The van der Waals surface area contributed by atoms with Crippen LogP contribution in [-0.2, 0) is 27.3 Å². The van der Waals surface area contributed by atoms with Crippen molar-refractivity contribution in [3.63, 3.8) is 0 Å².